The Balaban J connectivity index is 4.24. The van der Waals surface area contributed by atoms with Crippen LogP contribution in [0.3, 0.4) is 0 Å². The molecule has 16 heavy (non-hydrogen) atoms. The lowest BCUT2D eigenvalue weighted by Gasteiger charge is -2.24. The van der Waals surface area contributed by atoms with Crippen LogP contribution in [0.15, 0.2) is 0 Å². The molecule has 0 saturated heterocycles. The van der Waals surface area contributed by atoms with Crippen molar-refractivity contribution in [3.63, 3.8) is 0 Å². The average Bonchev–Trinajstić information content (AvgIpc) is 2.12. The fourth-order valence-electron chi connectivity index (χ4n) is 1.43. The summed E-state index contributed by atoms with van der Waals surface area (Å²) in [5, 5.41) is 0. The Labute approximate surface area is 106 Å². The zero-order valence-electron chi connectivity index (χ0n) is 11.9. The van der Waals surface area contributed by atoms with Crippen LogP contribution >= 0.6 is 0 Å². The zero-order chi connectivity index (χ0) is 12.6. The maximum Gasteiger partial charge on any atom is 0.369 e. The van der Waals surface area contributed by atoms with Crippen LogP contribution in [-0.2, 0) is 4.74 Å². The normalized spacial score (nSPS) is 12.9. The van der Waals surface area contributed by atoms with Gasteiger partial charge in [0.2, 0.25) is 0 Å². The van der Waals surface area contributed by atoms with E-state index >= 15 is 0 Å². The smallest absolute Gasteiger partial charge is 0.360 e. The lowest BCUT2D eigenvalue weighted by Crippen LogP contribution is -2.26. The molecule has 92 valence electrons. The predicted molar refractivity (Wildman–Crippen MR) is 74.0 cm³/mol. The molecule has 0 aromatic carbocycles. The van der Waals surface area contributed by atoms with Gasteiger partial charge < -0.3 is 4.74 Å². The Morgan fingerprint density at radius 1 is 1.19 bits per heavy atom. The molecule has 1 nitrogen and oxygen atoms in total. The topological polar surface area (TPSA) is 9.23 Å². The average molecular weight is 238 g/mol. The second-order valence-corrected chi connectivity index (χ2v) is 8.26. The molecule has 0 aromatic rings. The van der Waals surface area contributed by atoms with Crippen molar-refractivity contribution in [1.82, 2.24) is 0 Å². The van der Waals surface area contributed by atoms with Gasteiger partial charge in [-0.15, -0.1) is 0 Å². The van der Waals surface area contributed by atoms with E-state index in [4.69, 9.17) is 4.74 Å². The first-order valence-corrected chi connectivity index (χ1v) is 9.42. The van der Waals surface area contributed by atoms with E-state index in [9.17, 15) is 0 Å². The maximum atomic E-state index is 5.98. The second kappa shape index (κ2) is 8.19. The highest BCUT2D eigenvalue weighted by Crippen LogP contribution is 2.15. The molecule has 0 aliphatic rings. The van der Waals surface area contributed by atoms with Gasteiger partial charge in [-0.2, -0.15) is 0 Å². The third kappa shape index (κ3) is 10.6. The van der Waals surface area contributed by atoms with Gasteiger partial charge >= 0.3 is 14.1 Å². The molecular formula is C14H27AlO. The zero-order valence-corrected chi connectivity index (χ0v) is 13.0. The van der Waals surface area contributed by atoms with Gasteiger partial charge in [0.1, 0.15) is 6.10 Å². The van der Waals surface area contributed by atoms with Crippen molar-refractivity contribution in [2.24, 2.45) is 0 Å². The summed E-state index contributed by atoms with van der Waals surface area (Å²) in [6.07, 6.45) is 4.99. The molecule has 0 aliphatic carbocycles. The van der Waals surface area contributed by atoms with Crippen molar-refractivity contribution < 1.29 is 4.74 Å². The number of hydrogen-bond donors (Lipinski definition) is 0. The van der Waals surface area contributed by atoms with Gasteiger partial charge in [-0.3, -0.25) is 0 Å². The number of hydrogen-bond acceptors (Lipinski definition) is 1. The van der Waals surface area contributed by atoms with E-state index in [0.29, 0.717) is 0 Å². The summed E-state index contributed by atoms with van der Waals surface area (Å²) in [6.45, 7) is 8.54. The summed E-state index contributed by atoms with van der Waals surface area (Å²) in [6, 6.07) is 0. The van der Waals surface area contributed by atoms with E-state index in [1.54, 1.807) is 0 Å². The second-order valence-electron chi connectivity index (χ2n) is 5.66. The molecule has 1 unspecified atom stereocenters. The number of ether oxygens (including phenoxy) is 1. The third-order valence-electron chi connectivity index (χ3n) is 2.10. The van der Waals surface area contributed by atoms with E-state index in [1.165, 1.54) is 19.3 Å². The third-order valence-corrected chi connectivity index (χ3v) is 2.84. The van der Waals surface area contributed by atoms with E-state index in [0.717, 1.165) is 6.42 Å². The largest absolute Gasteiger partial charge is 0.369 e. The Hall–Kier alpha value is 0.0525. The highest BCUT2D eigenvalue weighted by atomic mass is 27.2. The van der Waals surface area contributed by atoms with Gasteiger partial charge in [-0.1, -0.05) is 37.3 Å². The van der Waals surface area contributed by atoms with Gasteiger partial charge in [0.15, 0.2) is 0 Å². The lowest BCUT2D eigenvalue weighted by atomic mass is 10.1. The van der Waals surface area contributed by atoms with E-state index in [-0.39, 0.29) is 11.7 Å². The van der Waals surface area contributed by atoms with Crippen molar-refractivity contribution in [2.45, 2.75) is 76.7 Å². The van der Waals surface area contributed by atoms with Crippen LogP contribution in [0.1, 0.15) is 53.4 Å². The predicted octanol–water partition coefficient (Wildman–Crippen LogP) is 4.05. The van der Waals surface area contributed by atoms with Crippen LogP contribution in [0, 0.1) is 10.7 Å². The lowest BCUT2D eigenvalue weighted by molar-refractivity contribution is -0.0373. The minimum atomic E-state index is -0.777. The quantitative estimate of drug-likeness (QED) is 0.399. The van der Waals surface area contributed by atoms with Gasteiger partial charge in [0.25, 0.3) is 0 Å². The van der Waals surface area contributed by atoms with E-state index < -0.39 is 14.1 Å². The molecule has 0 aromatic heterocycles. The van der Waals surface area contributed by atoms with Crippen molar-refractivity contribution in [2.75, 3.05) is 0 Å². The first-order chi connectivity index (χ1) is 7.35. The molecule has 2 heteroatoms. The van der Waals surface area contributed by atoms with Crippen LogP contribution in [0.25, 0.3) is 0 Å². The summed E-state index contributed by atoms with van der Waals surface area (Å²) < 4.78 is 5.98. The number of unbranched alkanes of at least 4 members (excludes halogenated alkanes) is 2. The highest BCUT2D eigenvalue weighted by Gasteiger charge is 2.16. The van der Waals surface area contributed by atoms with Crippen LogP contribution < -0.4 is 0 Å². The summed E-state index contributed by atoms with van der Waals surface area (Å²) in [7, 11) is 0. The highest BCUT2D eigenvalue weighted by molar-refractivity contribution is 6.64. The molecule has 0 bridgehead atoms. The molecule has 0 saturated carbocycles. The minimum Gasteiger partial charge on any atom is -0.360 e. The first-order valence-electron chi connectivity index (χ1n) is 6.54. The van der Waals surface area contributed by atoms with Gasteiger partial charge in [0, 0.05) is 0 Å². The molecule has 0 rings (SSSR count). The minimum absolute atomic E-state index is 0.0793. The van der Waals surface area contributed by atoms with Crippen LogP contribution in [0.2, 0.25) is 11.6 Å². The van der Waals surface area contributed by atoms with Crippen molar-refractivity contribution in [1.29, 1.82) is 0 Å². The van der Waals surface area contributed by atoms with Gasteiger partial charge in [-0.25, -0.2) is 4.78 Å². The van der Waals surface area contributed by atoms with Gasteiger partial charge in [0.05, 0.1) is 5.60 Å². The van der Waals surface area contributed by atoms with Crippen LogP contribution in [-0.4, -0.2) is 25.9 Å². The van der Waals surface area contributed by atoms with Crippen LogP contribution in [0.4, 0.5) is 0 Å². The molecule has 1 atom stereocenters. The SMILES string of the molecule is CCCCCC(C#[C][Al]([CH3])[CH3])OC(C)(C)C. The molecule has 0 heterocycles. The molecule has 0 amide bonds. The number of rotatable bonds is 5. The molecule has 0 aliphatic heterocycles. The van der Waals surface area contributed by atoms with Crippen LogP contribution in [0.5, 0.6) is 0 Å². The molecule has 0 fully saturated rings. The van der Waals surface area contributed by atoms with E-state index in [1.807, 2.05) is 0 Å². The first kappa shape index (κ1) is 16.1. The van der Waals surface area contributed by atoms with Gasteiger partial charge in [-0.05, 0) is 33.6 Å². The Bertz CT molecular complexity index is 229. The summed E-state index contributed by atoms with van der Waals surface area (Å²) in [5.74, 6) is 7.84. The fourth-order valence-corrected chi connectivity index (χ4v) is 1.95. The Kier molecular flexibility index (Phi) is 8.22. The fraction of sp³-hybridized carbons (Fsp3) is 0.857. The molecule has 0 radical (unpaired) electrons. The summed E-state index contributed by atoms with van der Waals surface area (Å²) in [4.78, 5) is 3.36. The monoisotopic (exact) mass is 238 g/mol. The summed E-state index contributed by atoms with van der Waals surface area (Å²) >= 11 is -0.777. The Morgan fingerprint density at radius 3 is 2.25 bits per heavy atom. The van der Waals surface area contributed by atoms with Crippen molar-refractivity contribution in [3.05, 3.63) is 0 Å². The molecule has 0 N–H and O–H groups in total. The summed E-state index contributed by atoms with van der Waals surface area (Å²) in [5.41, 5.74) is -0.0793. The Morgan fingerprint density at radius 2 is 1.81 bits per heavy atom. The standard InChI is InChI=1S/C12H21O.2CH3.Al/c1-6-8-9-10-11(7-2)13-12(3,4)5;;;/h11H,6,8-10H2,1,3-5H3;2*1H3;. The molecular weight excluding hydrogens is 211 g/mol. The van der Waals surface area contributed by atoms with E-state index in [2.05, 4.69) is 50.0 Å². The maximum absolute atomic E-state index is 5.98. The molecule has 0 spiro atoms. The van der Waals surface area contributed by atoms with Crippen molar-refractivity contribution >= 4 is 14.1 Å². The van der Waals surface area contributed by atoms with Crippen molar-refractivity contribution in [3.8, 4) is 10.7 Å².